The molecule has 0 radical (unpaired) electrons. The van der Waals surface area contributed by atoms with Gasteiger partial charge < -0.3 is 5.32 Å². The lowest BCUT2D eigenvalue weighted by molar-refractivity contribution is 0.892. The lowest BCUT2D eigenvalue weighted by atomic mass is 10.1. The Morgan fingerprint density at radius 3 is 1.95 bits per heavy atom. The van der Waals surface area contributed by atoms with Crippen LogP contribution in [-0.2, 0) is 0 Å². The summed E-state index contributed by atoms with van der Waals surface area (Å²) in [6.07, 6.45) is 0. The number of para-hydroxylation sites is 3. The molecule has 0 spiro atoms. The molecule has 4 nitrogen and oxygen atoms in total. The molecular weight excluding hydrogens is 535 g/mol. The van der Waals surface area contributed by atoms with Crippen molar-refractivity contribution in [3.63, 3.8) is 0 Å². The number of hydrogen-bond acceptors (Lipinski definition) is 3. The molecular formula is C34H22Cl2N4. The van der Waals surface area contributed by atoms with Crippen molar-refractivity contribution in [2.45, 2.75) is 0 Å². The van der Waals surface area contributed by atoms with E-state index < -0.39 is 0 Å². The Bertz CT molecular complexity index is 1940. The quantitative estimate of drug-likeness (QED) is 0.214. The molecule has 0 fully saturated rings. The first kappa shape index (κ1) is 24.4. The van der Waals surface area contributed by atoms with Crippen molar-refractivity contribution >= 4 is 56.4 Å². The lowest BCUT2D eigenvalue weighted by Crippen LogP contribution is -1.99. The van der Waals surface area contributed by atoms with E-state index in [4.69, 9.17) is 33.3 Å². The fourth-order valence-electron chi connectivity index (χ4n) is 5.02. The van der Waals surface area contributed by atoms with Gasteiger partial charge >= 0.3 is 0 Å². The highest BCUT2D eigenvalue weighted by Crippen LogP contribution is 2.36. The molecule has 0 unspecified atom stereocenters. The summed E-state index contributed by atoms with van der Waals surface area (Å²) in [5, 5.41) is 12.0. The average molecular weight is 557 g/mol. The molecule has 0 saturated carbocycles. The van der Waals surface area contributed by atoms with E-state index in [-0.39, 0.29) is 0 Å². The van der Waals surface area contributed by atoms with E-state index in [0.717, 1.165) is 61.4 Å². The highest BCUT2D eigenvalue weighted by Gasteiger charge is 2.16. The van der Waals surface area contributed by atoms with Crippen LogP contribution >= 0.6 is 23.2 Å². The van der Waals surface area contributed by atoms with Crippen LogP contribution in [0.15, 0.2) is 127 Å². The monoisotopic (exact) mass is 556 g/mol. The van der Waals surface area contributed by atoms with Crippen molar-refractivity contribution in [3.05, 3.63) is 137 Å². The van der Waals surface area contributed by atoms with Crippen molar-refractivity contribution < 1.29 is 0 Å². The normalized spacial score (nSPS) is 11.2. The van der Waals surface area contributed by atoms with Gasteiger partial charge in [0.2, 0.25) is 0 Å². The van der Waals surface area contributed by atoms with E-state index in [9.17, 15) is 0 Å². The number of anilines is 2. The van der Waals surface area contributed by atoms with Gasteiger partial charge in [0.05, 0.1) is 38.8 Å². The van der Waals surface area contributed by atoms with Crippen molar-refractivity contribution in [1.29, 1.82) is 0 Å². The van der Waals surface area contributed by atoms with Crippen LogP contribution in [0.25, 0.3) is 50.0 Å². The SMILES string of the molecule is Clc1ccc(-c2cc(-c3ccc(Nc4c5ccccc5nc5ccccc45)cc3)nn2-c2ccccc2)c(Cl)c1. The minimum absolute atomic E-state index is 0.576. The van der Waals surface area contributed by atoms with Crippen LogP contribution in [0.5, 0.6) is 0 Å². The van der Waals surface area contributed by atoms with Crippen LogP contribution in [0.1, 0.15) is 0 Å². The van der Waals surface area contributed by atoms with Gasteiger partial charge in [-0.1, -0.05) is 89.9 Å². The second kappa shape index (κ2) is 10.2. The third-order valence-corrected chi connectivity index (χ3v) is 7.50. The third kappa shape index (κ3) is 4.47. The van der Waals surface area contributed by atoms with Crippen molar-refractivity contribution in [1.82, 2.24) is 14.8 Å². The highest BCUT2D eigenvalue weighted by molar-refractivity contribution is 6.36. The van der Waals surface area contributed by atoms with Crippen molar-refractivity contribution in [2.75, 3.05) is 5.32 Å². The van der Waals surface area contributed by atoms with Crippen LogP contribution in [-0.4, -0.2) is 14.8 Å². The fraction of sp³-hybridized carbons (Fsp3) is 0. The molecule has 40 heavy (non-hydrogen) atoms. The number of nitrogens with zero attached hydrogens (tertiary/aromatic N) is 3. The molecule has 0 atom stereocenters. The van der Waals surface area contributed by atoms with Gasteiger partial charge in [-0.15, -0.1) is 0 Å². The first-order valence-corrected chi connectivity index (χ1v) is 13.7. The van der Waals surface area contributed by atoms with Gasteiger partial charge in [-0.2, -0.15) is 5.10 Å². The molecule has 7 aromatic rings. The number of pyridine rings is 1. The van der Waals surface area contributed by atoms with Crippen molar-refractivity contribution in [2.24, 2.45) is 0 Å². The van der Waals surface area contributed by atoms with E-state index in [1.165, 1.54) is 0 Å². The standard InChI is InChI=1S/C34H22Cl2N4/c35-23-16-19-26(29(36)20-23)33-21-32(39-40(33)25-8-2-1-3-9-25)22-14-17-24(18-15-22)37-34-27-10-4-6-12-30(27)38-31-13-7-5-11-28(31)34/h1-21H,(H,37,38). The van der Waals surface area contributed by atoms with E-state index in [1.54, 1.807) is 6.07 Å². The predicted molar refractivity (Wildman–Crippen MR) is 167 cm³/mol. The molecule has 2 aromatic heterocycles. The smallest absolute Gasteiger partial charge is 0.0934 e. The summed E-state index contributed by atoms with van der Waals surface area (Å²) in [6, 6.07) is 42.4. The van der Waals surface area contributed by atoms with Gasteiger partial charge in [-0.25, -0.2) is 9.67 Å². The molecule has 192 valence electrons. The van der Waals surface area contributed by atoms with Crippen LogP contribution in [0, 0.1) is 0 Å². The van der Waals surface area contributed by atoms with Crippen LogP contribution < -0.4 is 5.32 Å². The minimum atomic E-state index is 0.576. The molecule has 2 heterocycles. The predicted octanol–water partition coefficient (Wildman–Crippen LogP) is 9.96. The molecule has 5 aromatic carbocycles. The maximum Gasteiger partial charge on any atom is 0.0934 e. The molecule has 0 aliphatic carbocycles. The Balaban J connectivity index is 1.28. The number of nitrogens with one attached hydrogen (secondary N) is 1. The second-order valence-electron chi connectivity index (χ2n) is 9.51. The molecule has 0 saturated heterocycles. The van der Waals surface area contributed by atoms with Gasteiger partial charge in [0, 0.05) is 32.6 Å². The van der Waals surface area contributed by atoms with E-state index in [0.29, 0.717) is 10.0 Å². The molecule has 0 amide bonds. The van der Waals surface area contributed by atoms with Gasteiger partial charge in [0.25, 0.3) is 0 Å². The van der Waals surface area contributed by atoms with E-state index >= 15 is 0 Å². The summed E-state index contributed by atoms with van der Waals surface area (Å²) in [7, 11) is 0. The zero-order chi connectivity index (χ0) is 27.1. The number of rotatable bonds is 5. The molecule has 1 N–H and O–H groups in total. The lowest BCUT2D eigenvalue weighted by Gasteiger charge is -2.13. The Hall–Kier alpha value is -4.64. The topological polar surface area (TPSA) is 42.7 Å². The van der Waals surface area contributed by atoms with E-state index in [1.807, 2.05) is 83.5 Å². The summed E-state index contributed by atoms with van der Waals surface area (Å²) in [6.45, 7) is 0. The fourth-order valence-corrected chi connectivity index (χ4v) is 5.53. The Morgan fingerprint density at radius 2 is 1.27 bits per heavy atom. The summed E-state index contributed by atoms with van der Waals surface area (Å²) in [5.74, 6) is 0. The molecule has 0 bridgehead atoms. The Kier molecular flexibility index (Phi) is 6.20. The number of halogens is 2. The third-order valence-electron chi connectivity index (χ3n) is 6.95. The molecule has 0 aliphatic heterocycles. The zero-order valence-electron chi connectivity index (χ0n) is 21.2. The molecule has 0 aliphatic rings. The van der Waals surface area contributed by atoms with Crippen LogP contribution in [0.2, 0.25) is 10.0 Å². The highest BCUT2D eigenvalue weighted by atomic mass is 35.5. The molecule has 7 rings (SSSR count). The number of aromatic nitrogens is 3. The number of hydrogen-bond donors (Lipinski definition) is 1. The summed E-state index contributed by atoms with van der Waals surface area (Å²) in [5.41, 5.74) is 8.48. The Morgan fingerprint density at radius 1 is 0.625 bits per heavy atom. The van der Waals surface area contributed by atoms with Gasteiger partial charge in [0.15, 0.2) is 0 Å². The van der Waals surface area contributed by atoms with Gasteiger partial charge in [-0.3, -0.25) is 0 Å². The number of benzene rings is 5. The summed E-state index contributed by atoms with van der Waals surface area (Å²) >= 11 is 12.8. The number of fused-ring (bicyclic) bond motifs is 2. The molecule has 6 heteroatoms. The Labute approximate surface area is 241 Å². The maximum absolute atomic E-state index is 6.62. The second-order valence-corrected chi connectivity index (χ2v) is 10.4. The van der Waals surface area contributed by atoms with Crippen molar-refractivity contribution in [3.8, 4) is 28.2 Å². The summed E-state index contributed by atoms with van der Waals surface area (Å²) < 4.78 is 1.92. The summed E-state index contributed by atoms with van der Waals surface area (Å²) in [4.78, 5) is 4.84. The van der Waals surface area contributed by atoms with E-state index in [2.05, 4.69) is 47.8 Å². The van der Waals surface area contributed by atoms with Crippen LogP contribution in [0.4, 0.5) is 11.4 Å². The van der Waals surface area contributed by atoms with Gasteiger partial charge in [0.1, 0.15) is 0 Å². The first-order valence-electron chi connectivity index (χ1n) is 12.9. The zero-order valence-corrected chi connectivity index (χ0v) is 22.7. The van der Waals surface area contributed by atoms with Crippen LogP contribution in [0.3, 0.4) is 0 Å². The minimum Gasteiger partial charge on any atom is -0.354 e. The largest absolute Gasteiger partial charge is 0.354 e. The average Bonchev–Trinajstić information content (AvgIpc) is 3.43. The first-order chi connectivity index (χ1) is 19.6. The van der Waals surface area contributed by atoms with Gasteiger partial charge in [-0.05, 0) is 60.7 Å². The maximum atomic E-state index is 6.62.